The average molecular weight is 300 g/mol. The number of hydrogen-bond donors (Lipinski definition) is 1. The third-order valence-corrected chi connectivity index (χ3v) is 5.74. The Bertz CT molecular complexity index is 587. The molecule has 1 saturated heterocycles. The number of sulfonamides is 1. The molecule has 0 bridgehead atoms. The summed E-state index contributed by atoms with van der Waals surface area (Å²) in [6.45, 7) is 4.71. The van der Waals surface area contributed by atoms with E-state index in [1.807, 2.05) is 13.8 Å². The molecule has 1 aromatic carbocycles. The van der Waals surface area contributed by atoms with Gasteiger partial charge < -0.3 is 5.73 Å². The van der Waals surface area contributed by atoms with Gasteiger partial charge in [-0.1, -0.05) is 32.0 Å². The Morgan fingerprint density at radius 1 is 1.40 bits per heavy atom. The van der Waals surface area contributed by atoms with E-state index in [0.717, 1.165) is 0 Å². The molecule has 1 aliphatic rings. The summed E-state index contributed by atoms with van der Waals surface area (Å²) >= 11 is 0. The zero-order valence-corrected chi connectivity index (χ0v) is 12.7. The van der Waals surface area contributed by atoms with Gasteiger partial charge in [0.25, 0.3) is 0 Å². The Morgan fingerprint density at radius 2 is 2.05 bits per heavy atom. The standard InChI is InChI=1S/C14H21FN2O2S/c1-14(2)10-17(8-7-13(14)16)20(18,19)9-11-5-3-4-6-12(11)15/h3-6,13H,7-10,16H2,1-2H3. The number of halogens is 1. The molecule has 112 valence electrons. The summed E-state index contributed by atoms with van der Waals surface area (Å²) in [4.78, 5) is 0. The van der Waals surface area contributed by atoms with Crippen LogP contribution in [0.15, 0.2) is 24.3 Å². The number of rotatable bonds is 3. The van der Waals surface area contributed by atoms with Crippen LogP contribution in [0.1, 0.15) is 25.8 Å². The summed E-state index contributed by atoms with van der Waals surface area (Å²) in [7, 11) is -3.52. The van der Waals surface area contributed by atoms with E-state index >= 15 is 0 Å². The molecule has 1 heterocycles. The smallest absolute Gasteiger partial charge is 0.218 e. The van der Waals surface area contributed by atoms with Crippen molar-refractivity contribution >= 4 is 10.0 Å². The molecule has 0 aliphatic carbocycles. The first-order valence-electron chi connectivity index (χ1n) is 6.69. The highest BCUT2D eigenvalue weighted by molar-refractivity contribution is 7.88. The molecule has 1 atom stereocenters. The highest BCUT2D eigenvalue weighted by Gasteiger charge is 2.38. The average Bonchev–Trinajstić information content (AvgIpc) is 2.35. The van der Waals surface area contributed by atoms with Gasteiger partial charge in [0.05, 0.1) is 5.75 Å². The second-order valence-electron chi connectivity index (χ2n) is 6.06. The number of benzene rings is 1. The molecule has 1 fully saturated rings. The number of hydrogen-bond acceptors (Lipinski definition) is 3. The monoisotopic (exact) mass is 300 g/mol. The first-order valence-corrected chi connectivity index (χ1v) is 8.30. The minimum atomic E-state index is -3.52. The normalized spacial score (nSPS) is 23.7. The Morgan fingerprint density at radius 3 is 2.65 bits per heavy atom. The summed E-state index contributed by atoms with van der Waals surface area (Å²) in [5.41, 5.74) is 5.96. The molecule has 6 heteroatoms. The maximum absolute atomic E-state index is 13.6. The van der Waals surface area contributed by atoms with Crippen molar-refractivity contribution in [2.24, 2.45) is 11.1 Å². The van der Waals surface area contributed by atoms with E-state index in [1.165, 1.54) is 16.4 Å². The van der Waals surface area contributed by atoms with Crippen LogP contribution in [0.2, 0.25) is 0 Å². The number of nitrogens with two attached hydrogens (primary N) is 1. The lowest BCUT2D eigenvalue weighted by Gasteiger charge is -2.41. The minimum Gasteiger partial charge on any atom is -0.327 e. The number of piperidine rings is 1. The van der Waals surface area contributed by atoms with Crippen molar-refractivity contribution in [1.82, 2.24) is 4.31 Å². The zero-order valence-electron chi connectivity index (χ0n) is 11.8. The molecule has 0 radical (unpaired) electrons. The molecule has 0 saturated carbocycles. The van der Waals surface area contributed by atoms with E-state index in [1.54, 1.807) is 12.1 Å². The molecule has 0 amide bonds. The van der Waals surface area contributed by atoms with E-state index in [-0.39, 0.29) is 22.8 Å². The van der Waals surface area contributed by atoms with Gasteiger partial charge in [0.15, 0.2) is 0 Å². The molecule has 0 aromatic heterocycles. The maximum atomic E-state index is 13.6. The summed E-state index contributed by atoms with van der Waals surface area (Å²) < 4.78 is 39.9. The van der Waals surface area contributed by atoms with Crippen LogP contribution in [0.5, 0.6) is 0 Å². The molecular weight excluding hydrogens is 279 g/mol. The Kier molecular flexibility index (Phi) is 4.18. The van der Waals surface area contributed by atoms with Crippen molar-refractivity contribution in [3.63, 3.8) is 0 Å². The third-order valence-electron chi connectivity index (χ3n) is 3.97. The van der Waals surface area contributed by atoms with Crippen LogP contribution in [-0.4, -0.2) is 31.9 Å². The van der Waals surface area contributed by atoms with Crippen molar-refractivity contribution in [3.05, 3.63) is 35.6 Å². The molecule has 1 aromatic rings. The zero-order chi connectivity index (χ0) is 15.0. The van der Waals surface area contributed by atoms with Gasteiger partial charge >= 0.3 is 0 Å². The summed E-state index contributed by atoms with van der Waals surface area (Å²) in [6.07, 6.45) is 0.628. The lowest BCUT2D eigenvalue weighted by atomic mass is 9.81. The summed E-state index contributed by atoms with van der Waals surface area (Å²) in [5, 5.41) is 0. The predicted octanol–water partition coefficient (Wildman–Crippen LogP) is 1.71. The maximum Gasteiger partial charge on any atom is 0.218 e. The van der Waals surface area contributed by atoms with Crippen LogP contribution in [0.25, 0.3) is 0 Å². The van der Waals surface area contributed by atoms with Crippen LogP contribution < -0.4 is 5.73 Å². The number of nitrogens with zero attached hydrogens (tertiary/aromatic N) is 1. The highest BCUT2D eigenvalue weighted by atomic mass is 32.2. The van der Waals surface area contributed by atoms with Gasteiger partial charge in [-0.3, -0.25) is 0 Å². The molecule has 2 rings (SSSR count). The molecule has 1 unspecified atom stereocenters. The summed E-state index contributed by atoms with van der Waals surface area (Å²) in [5.74, 6) is -0.783. The van der Waals surface area contributed by atoms with Crippen LogP contribution in [0.3, 0.4) is 0 Å². The Labute approximate surface area is 119 Å². The lowest BCUT2D eigenvalue weighted by molar-refractivity contribution is 0.155. The van der Waals surface area contributed by atoms with E-state index in [2.05, 4.69) is 0 Å². The van der Waals surface area contributed by atoms with Crippen molar-refractivity contribution in [2.45, 2.75) is 32.1 Å². The second-order valence-corrected chi connectivity index (χ2v) is 8.03. The lowest BCUT2D eigenvalue weighted by Crippen LogP contribution is -2.54. The molecule has 20 heavy (non-hydrogen) atoms. The van der Waals surface area contributed by atoms with Gasteiger partial charge in [-0.05, 0) is 17.9 Å². The molecule has 4 nitrogen and oxygen atoms in total. The van der Waals surface area contributed by atoms with Crippen LogP contribution in [-0.2, 0) is 15.8 Å². The van der Waals surface area contributed by atoms with Crippen LogP contribution in [0, 0.1) is 11.2 Å². The van der Waals surface area contributed by atoms with Crippen molar-refractivity contribution in [3.8, 4) is 0 Å². The van der Waals surface area contributed by atoms with Crippen LogP contribution in [0.4, 0.5) is 4.39 Å². The van der Waals surface area contributed by atoms with Gasteiger partial charge in [-0.2, -0.15) is 0 Å². The first kappa shape index (κ1) is 15.4. The second kappa shape index (κ2) is 5.42. The molecule has 2 N–H and O–H groups in total. The van der Waals surface area contributed by atoms with Crippen molar-refractivity contribution < 1.29 is 12.8 Å². The Balaban J connectivity index is 2.18. The van der Waals surface area contributed by atoms with E-state index in [9.17, 15) is 12.8 Å². The molecule has 1 aliphatic heterocycles. The fourth-order valence-corrected chi connectivity index (χ4v) is 4.19. The SMILES string of the molecule is CC1(C)CN(S(=O)(=O)Cc2ccccc2F)CCC1N. The van der Waals surface area contributed by atoms with Gasteiger partial charge in [0, 0.05) is 24.7 Å². The third kappa shape index (κ3) is 3.19. The van der Waals surface area contributed by atoms with Crippen molar-refractivity contribution in [2.75, 3.05) is 13.1 Å². The first-order chi connectivity index (χ1) is 9.22. The van der Waals surface area contributed by atoms with Crippen LogP contribution >= 0.6 is 0 Å². The van der Waals surface area contributed by atoms with Gasteiger partial charge in [0.2, 0.25) is 10.0 Å². The van der Waals surface area contributed by atoms with E-state index in [0.29, 0.717) is 19.5 Å². The van der Waals surface area contributed by atoms with Gasteiger partial charge in [-0.15, -0.1) is 0 Å². The van der Waals surface area contributed by atoms with E-state index in [4.69, 9.17) is 5.73 Å². The Hall–Kier alpha value is -0.980. The fourth-order valence-electron chi connectivity index (χ4n) is 2.47. The molecule has 0 spiro atoms. The quantitative estimate of drug-likeness (QED) is 0.924. The minimum absolute atomic E-state index is 0.0117. The highest BCUT2D eigenvalue weighted by Crippen LogP contribution is 2.30. The topological polar surface area (TPSA) is 63.4 Å². The largest absolute Gasteiger partial charge is 0.327 e. The van der Waals surface area contributed by atoms with Gasteiger partial charge in [-0.25, -0.2) is 17.1 Å². The van der Waals surface area contributed by atoms with Gasteiger partial charge in [0.1, 0.15) is 5.82 Å². The fraction of sp³-hybridized carbons (Fsp3) is 0.571. The van der Waals surface area contributed by atoms with E-state index < -0.39 is 15.8 Å². The predicted molar refractivity (Wildman–Crippen MR) is 77.0 cm³/mol. The summed E-state index contributed by atoms with van der Waals surface area (Å²) in [6, 6.07) is 5.97. The van der Waals surface area contributed by atoms with Crippen molar-refractivity contribution in [1.29, 1.82) is 0 Å². The molecular formula is C14H21FN2O2S.